The van der Waals surface area contributed by atoms with Crippen molar-refractivity contribution < 1.29 is 23.5 Å². The van der Waals surface area contributed by atoms with Crippen molar-refractivity contribution in [2.75, 3.05) is 19.7 Å². The lowest BCUT2D eigenvalue weighted by molar-refractivity contribution is -0.147. The third-order valence-corrected chi connectivity index (χ3v) is 3.56. The molecule has 1 unspecified atom stereocenters. The first kappa shape index (κ1) is 16.9. The Labute approximate surface area is 138 Å². The van der Waals surface area contributed by atoms with Crippen LogP contribution in [0.25, 0.3) is 0 Å². The fourth-order valence-electron chi connectivity index (χ4n) is 2.18. The molecule has 1 atom stereocenters. The fraction of sp³-hybridized carbons (Fsp3) is 0.429. The maximum Gasteiger partial charge on any atom is 0.308 e. The van der Waals surface area contributed by atoms with E-state index >= 15 is 0 Å². The van der Waals surface area contributed by atoms with E-state index in [1.807, 2.05) is 0 Å². The van der Waals surface area contributed by atoms with Crippen molar-refractivity contribution in [3.8, 4) is 0 Å². The molecule has 1 aliphatic rings. The molecule has 2 rings (SSSR count). The summed E-state index contributed by atoms with van der Waals surface area (Å²) in [5.41, 5.74) is 0. The lowest BCUT2D eigenvalue weighted by Gasteiger charge is -2.36. The van der Waals surface area contributed by atoms with E-state index in [-0.39, 0.29) is 29.8 Å². The molecule has 23 heavy (non-hydrogen) atoms. The topological polar surface area (TPSA) is 101 Å². The number of carbonyl (C=O) groups is 3. The van der Waals surface area contributed by atoms with Crippen LogP contribution in [0.2, 0.25) is 0 Å². The first-order valence-corrected chi connectivity index (χ1v) is 7.52. The van der Waals surface area contributed by atoms with Gasteiger partial charge in [0.2, 0.25) is 5.91 Å². The lowest BCUT2D eigenvalue weighted by atomic mass is 10.1. The summed E-state index contributed by atoms with van der Waals surface area (Å²) in [4.78, 5) is 37.1. The Kier molecular flexibility index (Phi) is 5.69. The van der Waals surface area contributed by atoms with E-state index in [1.165, 1.54) is 17.2 Å². The molecule has 2 amide bonds. The van der Waals surface area contributed by atoms with Crippen molar-refractivity contribution in [2.45, 2.75) is 19.4 Å². The molecule has 9 heteroatoms. The molecule has 1 aromatic heterocycles. The quantitative estimate of drug-likeness (QED) is 0.590. The molecular formula is C14H17N3O5S. The molecule has 0 bridgehead atoms. The summed E-state index contributed by atoms with van der Waals surface area (Å²) in [6, 6.07) is 2.26. The zero-order valence-corrected chi connectivity index (χ0v) is 13.4. The van der Waals surface area contributed by atoms with E-state index < -0.39 is 17.9 Å². The number of piperazine rings is 1. The molecule has 0 saturated carbocycles. The second-order valence-corrected chi connectivity index (χ2v) is 5.13. The zero-order chi connectivity index (χ0) is 16.8. The third-order valence-electron chi connectivity index (χ3n) is 3.22. The van der Waals surface area contributed by atoms with Gasteiger partial charge in [-0.05, 0) is 31.3 Å². The third kappa shape index (κ3) is 4.28. The molecule has 1 saturated heterocycles. The van der Waals surface area contributed by atoms with Crippen molar-refractivity contribution in [2.24, 2.45) is 0 Å². The number of ether oxygens (including phenoxy) is 1. The van der Waals surface area contributed by atoms with Crippen LogP contribution in [0.4, 0.5) is 0 Å². The highest BCUT2D eigenvalue weighted by Gasteiger charge is 2.34. The van der Waals surface area contributed by atoms with Crippen LogP contribution >= 0.6 is 12.2 Å². The largest absolute Gasteiger partial charge is 0.466 e. The van der Waals surface area contributed by atoms with Crippen LogP contribution in [0.1, 0.15) is 23.9 Å². The predicted molar refractivity (Wildman–Crippen MR) is 83.5 cm³/mol. The van der Waals surface area contributed by atoms with Gasteiger partial charge in [0.15, 0.2) is 10.9 Å². The predicted octanol–water partition coefficient (Wildman–Crippen LogP) is 0.0479. The second kappa shape index (κ2) is 7.73. The van der Waals surface area contributed by atoms with E-state index in [0.29, 0.717) is 13.1 Å². The second-order valence-electron chi connectivity index (χ2n) is 4.75. The van der Waals surface area contributed by atoms with Crippen LogP contribution in [-0.4, -0.2) is 53.5 Å². The summed E-state index contributed by atoms with van der Waals surface area (Å²) in [7, 11) is 0. The molecular weight excluding hydrogens is 322 g/mol. The molecule has 8 nitrogen and oxygen atoms in total. The van der Waals surface area contributed by atoms with Crippen LogP contribution in [0, 0.1) is 0 Å². The summed E-state index contributed by atoms with van der Waals surface area (Å²) >= 11 is 5.19. The number of amides is 2. The van der Waals surface area contributed by atoms with Gasteiger partial charge in [-0.1, -0.05) is 0 Å². The Morgan fingerprint density at radius 1 is 1.57 bits per heavy atom. The fourth-order valence-corrected chi connectivity index (χ4v) is 2.49. The number of carbonyl (C=O) groups excluding carboxylic acids is 3. The number of esters is 1. The summed E-state index contributed by atoms with van der Waals surface area (Å²) < 4.78 is 9.85. The smallest absolute Gasteiger partial charge is 0.308 e. The van der Waals surface area contributed by atoms with E-state index in [4.69, 9.17) is 21.4 Å². The van der Waals surface area contributed by atoms with Crippen molar-refractivity contribution in [3.63, 3.8) is 0 Å². The maximum atomic E-state index is 12.0. The summed E-state index contributed by atoms with van der Waals surface area (Å²) in [5.74, 6) is -1.24. The first-order chi connectivity index (χ1) is 11.0. The summed E-state index contributed by atoms with van der Waals surface area (Å²) in [6.07, 6.45) is 1.23. The Balaban J connectivity index is 2.04. The van der Waals surface area contributed by atoms with Crippen LogP contribution in [-0.2, 0) is 14.3 Å². The highest BCUT2D eigenvalue weighted by atomic mass is 32.1. The molecule has 1 aromatic rings. The van der Waals surface area contributed by atoms with Gasteiger partial charge in [0.1, 0.15) is 6.04 Å². The maximum absolute atomic E-state index is 12.0. The Hall–Kier alpha value is -2.42. The van der Waals surface area contributed by atoms with Gasteiger partial charge in [-0.2, -0.15) is 0 Å². The van der Waals surface area contributed by atoms with Crippen LogP contribution in [0.3, 0.4) is 0 Å². The minimum absolute atomic E-state index is 0.0653. The van der Waals surface area contributed by atoms with E-state index in [1.54, 1.807) is 13.0 Å². The Morgan fingerprint density at radius 2 is 2.35 bits per heavy atom. The van der Waals surface area contributed by atoms with Gasteiger partial charge in [-0.25, -0.2) is 0 Å². The Bertz CT molecular complexity index is 602. The number of rotatable bonds is 4. The van der Waals surface area contributed by atoms with Gasteiger partial charge in [0, 0.05) is 13.1 Å². The minimum Gasteiger partial charge on any atom is -0.466 e. The van der Waals surface area contributed by atoms with E-state index in [0.717, 1.165) is 0 Å². The van der Waals surface area contributed by atoms with Gasteiger partial charge < -0.3 is 19.4 Å². The molecule has 0 spiro atoms. The molecule has 0 aromatic carbocycles. The minimum atomic E-state index is -0.813. The molecule has 1 aliphatic heterocycles. The molecule has 1 fully saturated rings. The number of hydrogen-bond acceptors (Lipinski definition) is 6. The number of hydrogen-bond donors (Lipinski definition) is 2. The standard InChI is InChI=1S/C14H17N3O5S/c1-2-21-11(18)8-9-12(19)15-5-6-17(9)14(23)16-13(20)10-4-3-7-22-10/h3-4,7,9H,2,5-6,8H2,1H3,(H,15,19)(H,16,20,23). The van der Waals surface area contributed by atoms with Crippen molar-refractivity contribution in [3.05, 3.63) is 24.2 Å². The van der Waals surface area contributed by atoms with Crippen molar-refractivity contribution >= 4 is 35.1 Å². The van der Waals surface area contributed by atoms with Gasteiger partial charge in [-0.3, -0.25) is 19.7 Å². The lowest BCUT2D eigenvalue weighted by Crippen LogP contribution is -2.60. The average molecular weight is 339 g/mol. The van der Waals surface area contributed by atoms with Crippen LogP contribution < -0.4 is 10.6 Å². The zero-order valence-electron chi connectivity index (χ0n) is 12.5. The average Bonchev–Trinajstić information content (AvgIpc) is 3.04. The summed E-state index contributed by atoms with van der Waals surface area (Å²) in [5, 5.41) is 5.23. The number of nitrogens with zero attached hydrogens (tertiary/aromatic N) is 1. The molecule has 2 heterocycles. The number of furan rings is 1. The van der Waals surface area contributed by atoms with Crippen molar-refractivity contribution in [1.82, 2.24) is 15.5 Å². The summed E-state index contributed by atoms with van der Waals surface area (Å²) in [6.45, 7) is 2.67. The Morgan fingerprint density at radius 3 is 3.00 bits per heavy atom. The van der Waals surface area contributed by atoms with Gasteiger partial charge in [0.25, 0.3) is 5.91 Å². The number of thiocarbonyl (C=S) groups is 1. The monoisotopic (exact) mass is 339 g/mol. The molecule has 124 valence electrons. The number of nitrogens with one attached hydrogen (secondary N) is 2. The first-order valence-electron chi connectivity index (χ1n) is 7.11. The van der Waals surface area contributed by atoms with Gasteiger partial charge >= 0.3 is 5.97 Å². The van der Waals surface area contributed by atoms with Crippen molar-refractivity contribution in [1.29, 1.82) is 0 Å². The van der Waals surface area contributed by atoms with Gasteiger partial charge in [0.05, 0.1) is 19.3 Å². The SMILES string of the molecule is CCOC(=O)CC1C(=O)NCCN1C(=S)NC(=O)c1ccco1. The highest BCUT2D eigenvalue weighted by molar-refractivity contribution is 7.80. The molecule has 0 aliphatic carbocycles. The normalized spacial score (nSPS) is 17.3. The van der Waals surface area contributed by atoms with E-state index in [2.05, 4.69) is 10.6 Å². The molecule has 2 N–H and O–H groups in total. The molecule has 0 radical (unpaired) electrons. The van der Waals surface area contributed by atoms with Gasteiger partial charge in [-0.15, -0.1) is 0 Å². The van der Waals surface area contributed by atoms with Crippen LogP contribution in [0.5, 0.6) is 0 Å². The highest BCUT2D eigenvalue weighted by Crippen LogP contribution is 2.11. The van der Waals surface area contributed by atoms with Crippen LogP contribution in [0.15, 0.2) is 22.8 Å². The van der Waals surface area contributed by atoms with E-state index in [9.17, 15) is 14.4 Å².